The van der Waals surface area contributed by atoms with Crippen LogP contribution in [0.15, 0.2) is 23.1 Å². The second-order valence-corrected chi connectivity index (χ2v) is 3.64. The van der Waals surface area contributed by atoms with Crippen LogP contribution in [0.1, 0.15) is 5.56 Å². The highest BCUT2D eigenvalue weighted by molar-refractivity contribution is 7.98. The minimum absolute atomic E-state index is 0.441. The molecule has 14 heavy (non-hydrogen) atoms. The third kappa shape index (κ3) is 2.67. The largest absolute Gasteiger partial charge is 0.412 e. The van der Waals surface area contributed by atoms with Gasteiger partial charge in [-0.3, -0.25) is 0 Å². The van der Waals surface area contributed by atoms with Gasteiger partial charge in [0.1, 0.15) is 5.75 Å². The van der Waals surface area contributed by atoms with E-state index in [1.807, 2.05) is 25.3 Å². The summed E-state index contributed by atoms with van der Waals surface area (Å²) >= 11 is 1.56. The SMILES string of the molecule is CNC(=O)Oc1ccc(C)cc1SC. The van der Waals surface area contributed by atoms with E-state index in [0.717, 1.165) is 10.5 Å². The Morgan fingerprint density at radius 2 is 2.21 bits per heavy atom. The second kappa shape index (κ2) is 4.91. The number of carbonyl (C=O) groups excluding carboxylic acids is 1. The van der Waals surface area contributed by atoms with Gasteiger partial charge in [-0.1, -0.05) is 6.07 Å². The van der Waals surface area contributed by atoms with E-state index in [4.69, 9.17) is 4.74 Å². The van der Waals surface area contributed by atoms with Gasteiger partial charge in [0.25, 0.3) is 0 Å². The van der Waals surface area contributed by atoms with Crippen molar-refractivity contribution in [1.82, 2.24) is 5.32 Å². The standard InChI is InChI=1S/C10H13NO2S/c1-7-4-5-8(9(6-7)14-3)13-10(12)11-2/h4-6H,1-3H3,(H,11,12). The second-order valence-electron chi connectivity index (χ2n) is 2.79. The van der Waals surface area contributed by atoms with E-state index >= 15 is 0 Å². The van der Waals surface area contributed by atoms with Crippen molar-refractivity contribution in [3.63, 3.8) is 0 Å². The summed E-state index contributed by atoms with van der Waals surface area (Å²) in [4.78, 5) is 12.0. The number of hydrogen-bond donors (Lipinski definition) is 1. The molecule has 0 saturated carbocycles. The Morgan fingerprint density at radius 1 is 1.50 bits per heavy atom. The average Bonchev–Trinajstić information content (AvgIpc) is 2.20. The Balaban J connectivity index is 2.90. The van der Waals surface area contributed by atoms with Crippen molar-refractivity contribution in [1.29, 1.82) is 0 Å². The quantitative estimate of drug-likeness (QED) is 0.763. The van der Waals surface area contributed by atoms with E-state index in [2.05, 4.69) is 5.32 Å². The first-order chi connectivity index (χ1) is 6.67. The molecule has 0 aliphatic rings. The Bertz CT molecular complexity index is 339. The van der Waals surface area contributed by atoms with Crippen LogP contribution in [0.25, 0.3) is 0 Å². The van der Waals surface area contributed by atoms with Crippen molar-refractivity contribution in [2.75, 3.05) is 13.3 Å². The minimum Gasteiger partial charge on any atom is -0.409 e. The fraction of sp³-hybridized carbons (Fsp3) is 0.300. The Labute approximate surface area is 87.8 Å². The van der Waals surface area contributed by atoms with Crippen LogP contribution < -0.4 is 10.1 Å². The third-order valence-corrected chi connectivity index (χ3v) is 2.48. The molecule has 1 aromatic rings. The molecule has 0 radical (unpaired) electrons. The summed E-state index contributed by atoms with van der Waals surface area (Å²) in [5.74, 6) is 0.599. The highest BCUT2D eigenvalue weighted by Gasteiger charge is 2.06. The molecule has 0 aliphatic carbocycles. The average molecular weight is 211 g/mol. The van der Waals surface area contributed by atoms with Crippen molar-refractivity contribution >= 4 is 17.9 Å². The maximum Gasteiger partial charge on any atom is 0.412 e. The minimum atomic E-state index is -0.441. The molecule has 1 rings (SSSR count). The van der Waals surface area contributed by atoms with Gasteiger partial charge in [0, 0.05) is 7.05 Å². The van der Waals surface area contributed by atoms with E-state index in [1.54, 1.807) is 17.8 Å². The first-order valence-corrected chi connectivity index (χ1v) is 5.44. The fourth-order valence-corrected chi connectivity index (χ4v) is 1.62. The molecule has 1 aromatic carbocycles. The number of benzene rings is 1. The van der Waals surface area contributed by atoms with Crippen LogP contribution in [0.4, 0.5) is 4.79 Å². The zero-order chi connectivity index (χ0) is 10.6. The summed E-state index contributed by atoms with van der Waals surface area (Å²) in [6.45, 7) is 2.00. The molecule has 0 fully saturated rings. The molecule has 0 heterocycles. The molecule has 0 unspecified atom stereocenters. The molecule has 3 nitrogen and oxygen atoms in total. The first-order valence-electron chi connectivity index (χ1n) is 4.21. The molecule has 1 N–H and O–H groups in total. The molecule has 0 aliphatic heterocycles. The zero-order valence-corrected chi connectivity index (χ0v) is 9.27. The van der Waals surface area contributed by atoms with Gasteiger partial charge in [-0.15, -0.1) is 11.8 Å². The zero-order valence-electron chi connectivity index (χ0n) is 8.46. The van der Waals surface area contributed by atoms with E-state index in [1.165, 1.54) is 7.05 Å². The van der Waals surface area contributed by atoms with Gasteiger partial charge in [0.05, 0.1) is 4.90 Å². The summed E-state index contributed by atoms with van der Waals surface area (Å²) < 4.78 is 5.07. The predicted molar refractivity (Wildman–Crippen MR) is 58.0 cm³/mol. The van der Waals surface area contributed by atoms with E-state index in [9.17, 15) is 4.79 Å². The van der Waals surface area contributed by atoms with Crippen LogP contribution >= 0.6 is 11.8 Å². The number of amides is 1. The lowest BCUT2D eigenvalue weighted by molar-refractivity contribution is 0.202. The molecule has 0 bridgehead atoms. The highest BCUT2D eigenvalue weighted by Crippen LogP contribution is 2.28. The van der Waals surface area contributed by atoms with Gasteiger partial charge in [0.2, 0.25) is 0 Å². The number of hydrogen-bond acceptors (Lipinski definition) is 3. The van der Waals surface area contributed by atoms with Gasteiger partial charge in [-0.05, 0) is 30.9 Å². The van der Waals surface area contributed by atoms with Gasteiger partial charge in [-0.2, -0.15) is 0 Å². The van der Waals surface area contributed by atoms with Crippen molar-refractivity contribution in [3.8, 4) is 5.75 Å². The topological polar surface area (TPSA) is 38.3 Å². The molecule has 76 valence electrons. The number of nitrogens with one attached hydrogen (secondary N) is 1. The lowest BCUT2D eigenvalue weighted by Crippen LogP contribution is -2.22. The lowest BCUT2D eigenvalue weighted by atomic mass is 10.2. The van der Waals surface area contributed by atoms with Crippen molar-refractivity contribution in [2.24, 2.45) is 0 Å². The Morgan fingerprint density at radius 3 is 2.79 bits per heavy atom. The summed E-state index contributed by atoms with van der Waals surface area (Å²) in [6, 6.07) is 5.71. The first kappa shape index (κ1) is 10.9. The number of ether oxygens (including phenoxy) is 1. The normalized spacial score (nSPS) is 9.64. The highest BCUT2D eigenvalue weighted by atomic mass is 32.2. The van der Waals surface area contributed by atoms with E-state index in [0.29, 0.717) is 5.75 Å². The van der Waals surface area contributed by atoms with Gasteiger partial charge in [-0.25, -0.2) is 4.79 Å². The van der Waals surface area contributed by atoms with E-state index in [-0.39, 0.29) is 0 Å². The predicted octanol–water partition coefficient (Wildman–Crippen LogP) is 2.44. The van der Waals surface area contributed by atoms with Crippen molar-refractivity contribution < 1.29 is 9.53 Å². The van der Waals surface area contributed by atoms with Crippen molar-refractivity contribution in [2.45, 2.75) is 11.8 Å². The lowest BCUT2D eigenvalue weighted by Gasteiger charge is -2.08. The number of rotatable bonds is 2. The van der Waals surface area contributed by atoms with E-state index < -0.39 is 6.09 Å². The summed E-state index contributed by atoms with van der Waals surface area (Å²) in [6.07, 6.45) is 1.51. The van der Waals surface area contributed by atoms with Gasteiger partial charge in [0.15, 0.2) is 0 Å². The third-order valence-electron chi connectivity index (χ3n) is 1.73. The number of carbonyl (C=O) groups is 1. The molecule has 1 amide bonds. The van der Waals surface area contributed by atoms with Gasteiger partial charge < -0.3 is 10.1 Å². The summed E-state index contributed by atoms with van der Waals surface area (Å²) in [5, 5.41) is 2.41. The van der Waals surface area contributed by atoms with Gasteiger partial charge >= 0.3 is 6.09 Å². The fourth-order valence-electron chi connectivity index (χ4n) is 1.01. The molecule has 0 atom stereocenters. The molecular formula is C10H13NO2S. The number of thioether (sulfide) groups is 1. The smallest absolute Gasteiger partial charge is 0.409 e. The Hall–Kier alpha value is -1.16. The van der Waals surface area contributed by atoms with Crippen molar-refractivity contribution in [3.05, 3.63) is 23.8 Å². The van der Waals surface area contributed by atoms with Crippen LogP contribution in [0, 0.1) is 6.92 Å². The maximum absolute atomic E-state index is 11.0. The molecular weight excluding hydrogens is 198 g/mol. The molecule has 0 spiro atoms. The van der Waals surface area contributed by atoms with Crippen LogP contribution in [0.3, 0.4) is 0 Å². The van der Waals surface area contributed by atoms with Crippen LogP contribution in [0.5, 0.6) is 5.75 Å². The molecule has 0 saturated heterocycles. The van der Waals surface area contributed by atoms with Crippen LogP contribution in [-0.2, 0) is 0 Å². The van der Waals surface area contributed by atoms with Crippen LogP contribution in [-0.4, -0.2) is 19.4 Å². The number of aryl methyl sites for hydroxylation is 1. The molecule has 0 aromatic heterocycles. The molecule has 4 heteroatoms. The summed E-state index contributed by atoms with van der Waals surface area (Å²) in [5.41, 5.74) is 1.15. The summed E-state index contributed by atoms with van der Waals surface area (Å²) in [7, 11) is 1.54. The maximum atomic E-state index is 11.0. The monoisotopic (exact) mass is 211 g/mol. The van der Waals surface area contributed by atoms with Crippen LogP contribution in [0.2, 0.25) is 0 Å². The Kier molecular flexibility index (Phi) is 3.83.